The highest BCUT2D eigenvalue weighted by molar-refractivity contribution is 6.04. The minimum absolute atomic E-state index is 0.0426. The van der Waals surface area contributed by atoms with E-state index in [4.69, 9.17) is 0 Å². The second-order valence-corrected chi connectivity index (χ2v) is 4.60. The van der Waals surface area contributed by atoms with Gasteiger partial charge in [0.2, 0.25) is 5.91 Å². The second kappa shape index (κ2) is 4.49. The van der Waals surface area contributed by atoms with Gasteiger partial charge in [-0.3, -0.25) is 4.79 Å². The zero-order valence-electron chi connectivity index (χ0n) is 10.6. The molecule has 0 fully saturated rings. The normalized spacial score (nSPS) is 20.6. The highest BCUT2D eigenvalue weighted by Crippen LogP contribution is 2.39. The van der Waals surface area contributed by atoms with Crippen molar-refractivity contribution in [2.24, 2.45) is 0 Å². The van der Waals surface area contributed by atoms with Crippen molar-refractivity contribution in [2.45, 2.75) is 38.7 Å². The third kappa shape index (κ3) is 1.84. The van der Waals surface area contributed by atoms with Crippen molar-refractivity contribution in [2.75, 3.05) is 11.9 Å². The molecule has 1 amide bonds. The minimum Gasteiger partial charge on any atom is -0.388 e. The van der Waals surface area contributed by atoms with E-state index < -0.39 is 6.10 Å². The van der Waals surface area contributed by atoms with E-state index in [0.717, 1.165) is 23.2 Å². The van der Waals surface area contributed by atoms with Crippen molar-refractivity contribution in [1.29, 1.82) is 0 Å². The molecule has 0 bridgehead atoms. The topological polar surface area (TPSA) is 40.5 Å². The first-order chi connectivity index (χ1) is 8.10. The van der Waals surface area contributed by atoms with Crippen molar-refractivity contribution in [3.05, 3.63) is 29.3 Å². The summed E-state index contributed by atoms with van der Waals surface area (Å²) in [5, 5.41) is 9.85. The van der Waals surface area contributed by atoms with Gasteiger partial charge in [-0.25, -0.2) is 0 Å². The number of aliphatic hydroxyl groups excluding tert-OH is 1. The molecule has 3 nitrogen and oxygen atoms in total. The van der Waals surface area contributed by atoms with Crippen molar-refractivity contribution in [3.8, 4) is 0 Å². The van der Waals surface area contributed by atoms with Gasteiger partial charge in [0, 0.05) is 12.7 Å². The van der Waals surface area contributed by atoms with Gasteiger partial charge in [0.25, 0.3) is 0 Å². The van der Waals surface area contributed by atoms with Crippen LogP contribution in [0.15, 0.2) is 18.2 Å². The van der Waals surface area contributed by atoms with E-state index in [2.05, 4.69) is 0 Å². The van der Waals surface area contributed by atoms with Crippen molar-refractivity contribution in [3.63, 3.8) is 0 Å². The fraction of sp³-hybridized carbons (Fsp3) is 0.500. The molecule has 1 aromatic carbocycles. The lowest BCUT2D eigenvalue weighted by atomic mass is 9.94. The molecule has 3 heteroatoms. The Kier molecular flexibility index (Phi) is 3.20. The number of carbonyl (C=O) groups is 1. The molecule has 0 spiro atoms. The molecule has 0 saturated heterocycles. The molecular weight excluding hydrogens is 214 g/mol. The average Bonchev–Trinajstić information content (AvgIpc) is 2.60. The minimum atomic E-state index is -0.432. The van der Waals surface area contributed by atoms with Gasteiger partial charge in [-0.1, -0.05) is 26.0 Å². The zero-order chi connectivity index (χ0) is 12.6. The average molecular weight is 233 g/mol. The van der Waals surface area contributed by atoms with Gasteiger partial charge in [0.1, 0.15) is 0 Å². The van der Waals surface area contributed by atoms with Crippen LogP contribution in [0.3, 0.4) is 0 Å². The largest absolute Gasteiger partial charge is 0.388 e. The lowest BCUT2D eigenvalue weighted by Gasteiger charge is -2.12. The zero-order valence-corrected chi connectivity index (χ0v) is 10.6. The summed E-state index contributed by atoms with van der Waals surface area (Å²) in [4.78, 5) is 13.7. The molecular formula is C14H19NO2. The molecule has 2 atom stereocenters. The van der Waals surface area contributed by atoms with E-state index in [1.54, 1.807) is 4.90 Å². The maximum Gasteiger partial charge on any atom is 0.234 e. The van der Waals surface area contributed by atoms with Gasteiger partial charge in [0.15, 0.2) is 0 Å². The standard InChI is InChI=1S/C14H19NO2/c1-4-10-11-8-9(13(16)5-2)6-7-12(11)15(3)14(10)17/h6-8,10,13,16H,4-5H2,1-3H3. The van der Waals surface area contributed by atoms with Crippen LogP contribution in [0.5, 0.6) is 0 Å². The van der Waals surface area contributed by atoms with Crippen LogP contribution in [-0.4, -0.2) is 18.1 Å². The number of hydrogen-bond donors (Lipinski definition) is 1. The Labute approximate surface area is 102 Å². The number of hydrogen-bond acceptors (Lipinski definition) is 2. The summed E-state index contributed by atoms with van der Waals surface area (Å²) in [5.41, 5.74) is 2.95. The summed E-state index contributed by atoms with van der Waals surface area (Å²) in [7, 11) is 1.81. The van der Waals surface area contributed by atoms with Crippen LogP contribution in [0.1, 0.15) is 49.8 Å². The number of fused-ring (bicyclic) bond motifs is 1. The molecule has 92 valence electrons. The maximum atomic E-state index is 12.0. The predicted molar refractivity (Wildman–Crippen MR) is 68.1 cm³/mol. The Morgan fingerprint density at radius 2 is 2.12 bits per heavy atom. The van der Waals surface area contributed by atoms with Crippen LogP contribution >= 0.6 is 0 Å². The van der Waals surface area contributed by atoms with Crippen LogP contribution < -0.4 is 4.90 Å². The highest BCUT2D eigenvalue weighted by Gasteiger charge is 2.33. The second-order valence-electron chi connectivity index (χ2n) is 4.60. The van der Waals surface area contributed by atoms with E-state index in [9.17, 15) is 9.90 Å². The monoisotopic (exact) mass is 233 g/mol. The van der Waals surface area contributed by atoms with Gasteiger partial charge in [0.05, 0.1) is 12.0 Å². The van der Waals surface area contributed by atoms with E-state index >= 15 is 0 Å². The number of likely N-dealkylation sites (N-methyl/N-ethyl adjacent to an activating group) is 1. The van der Waals surface area contributed by atoms with Gasteiger partial charge >= 0.3 is 0 Å². The lowest BCUT2D eigenvalue weighted by molar-refractivity contribution is -0.119. The number of carbonyl (C=O) groups excluding carboxylic acids is 1. The first kappa shape index (κ1) is 12.1. The molecule has 1 aliphatic heterocycles. The summed E-state index contributed by atoms with van der Waals surface area (Å²) in [6.07, 6.45) is 1.07. The van der Waals surface area contributed by atoms with Gasteiger partial charge in [-0.2, -0.15) is 0 Å². The first-order valence-electron chi connectivity index (χ1n) is 6.19. The molecule has 1 N–H and O–H groups in total. The number of nitrogens with zero attached hydrogens (tertiary/aromatic N) is 1. The van der Waals surface area contributed by atoms with Gasteiger partial charge in [-0.15, -0.1) is 0 Å². The molecule has 1 aromatic rings. The maximum absolute atomic E-state index is 12.0. The first-order valence-corrected chi connectivity index (χ1v) is 6.19. The molecule has 2 rings (SSSR count). The summed E-state index contributed by atoms with van der Waals surface area (Å²) in [6.45, 7) is 3.97. The Hall–Kier alpha value is -1.35. The number of amides is 1. The van der Waals surface area contributed by atoms with E-state index in [1.165, 1.54) is 0 Å². The molecule has 1 aliphatic rings. The van der Waals surface area contributed by atoms with E-state index in [0.29, 0.717) is 6.42 Å². The number of benzene rings is 1. The smallest absolute Gasteiger partial charge is 0.234 e. The number of aliphatic hydroxyl groups is 1. The van der Waals surface area contributed by atoms with Crippen molar-refractivity contribution in [1.82, 2.24) is 0 Å². The Morgan fingerprint density at radius 3 is 2.71 bits per heavy atom. The van der Waals surface area contributed by atoms with Crippen LogP contribution in [-0.2, 0) is 4.79 Å². The Bertz CT molecular complexity index is 442. The molecule has 0 radical (unpaired) electrons. The molecule has 0 aromatic heterocycles. The third-order valence-corrected chi connectivity index (χ3v) is 3.60. The summed E-state index contributed by atoms with van der Waals surface area (Å²) in [6, 6.07) is 5.84. The fourth-order valence-electron chi connectivity index (χ4n) is 2.48. The summed E-state index contributed by atoms with van der Waals surface area (Å²) >= 11 is 0. The molecule has 17 heavy (non-hydrogen) atoms. The number of anilines is 1. The van der Waals surface area contributed by atoms with Crippen LogP contribution in [0.4, 0.5) is 5.69 Å². The van der Waals surface area contributed by atoms with Crippen molar-refractivity contribution >= 4 is 11.6 Å². The van der Waals surface area contributed by atoms with Gasteiger partial charge in [-0.05, 0) is 30.0 Å². The van der Waals surface area contributed by atoms with Gasteiger partial charge < -0.3 is 10.0 Å². The van der Waals surface area contributed by atoms with Crippen LogP contribution in [0.2, 0.25) is 0 Å². The number of rotatable bonds is 3. The Balaban J connectivity index is 2.46. The van der Waals surface area contributed by atoms with Crippen molar-refractivity contribution < 1.29 is 9.90 Å². The van der Waals surface area contributed by atoms with E-state index in [-0.39, 0.29) is 11.8 Å². The highest BCUT2D eigenvalue weighted by atomic mass is 16.3. The molecule has 0 saturated carbocycles. The quantitative estimate of drug-likeness (QED) is 0.871. The predicted octanol–water partition coefficient (Wildman–Crippen LogP) is 2.60. The molecule has 1 heterocycles. The molecule has 2 unspecified atom stereocenters. The third-order valence-electron chi connectivity index (χ3n) is 3.60. The lowest BCUT2D eigenvalue weighted by Crippen LogP contribution is -2.23. The van der Waals surface area contributed by atoms with Crippen LogP contribution in [0.25, 0.3) is 0 Å². The fourth-order valence-corrected chi connectivity index (χ4v) is 2.48. The Morgan fingerprint density at radius 1 is 1.41 bits per heavy atom. The van der Waals surface area contributed by atoms with E-state index in [1.807, 2.05) is 39.1 Å². The summed E-state index contributed by atoms with van der Waals surface area (Å²) in [5.74, 6) is 0.115. The summed E-state index contributed by atoms with van der Waals surface area (Å²) < 4.78 is 0. The molecule has 0 aliphatic carbocycles. The van der Waals surface area contributed by atoms with Crippen LogP contribution in [0, 0.1) is 0 Å². The SMILES string of the molecule is CCC(O)c1ccc2c(c1)C(CC)C(=O)N2C.